The van der Waals surface area contributed by atoms with Crippen molar-refractivity contribution in [3.63, 3.8) is 0 Å². The van der Waals surface area contributed by atoms with Crippen LogP contribution in [0.2, 0.25) is 5.02 Å². The van der Waals surface area contributed by atoms with Crippen LogP contribution >= 0.6 is 27.5 Å². The summed E-state index contributed by atoms with van der Waals surface area (Å²) in [5.74, 6) is 0.289. The normalized spacial score (nSPS) is 12.1. The van der Waals surface area contributed by atoms with E-state index in [1.807, 2.05) is 0 Å². The predicted octanol–water partition coefficient (Wildman–Crippen LogP) is 4.34. The van der Waals surface area contributed by atoms with Gasteiger partial charge in [-0.2, -0.15) is 0 Å². The molecule has 0 spiro atoms. The van der Waals surface area contributed by atoms with Gasteiger partial charge in [-0.1, -0.05) is 23.7 Å². The van der Waals surface area contributed by atoms with E-state index in [1.165, 1.54) is 26.4 Å². The summed E-state index contributed by atoms with van der Waals surface area (Å²) in [5.41, 5.74) is 0.490. The van der Waals surface area contributed by atoms with Crippen LogP contribution in [0.25, 0.3) is 0 Å². The predicted molar refractivity (Wildman–Crippen MR) is 82.7 cm³/mol. The van der Waals surface area contributed by atoms with Crippen LogP contribution in [0, 0.1) is 5.82 Å². The minimum absolute atomic E-state index is 0.0434. The Bertz CT molecular complexity index is 664. The van der Waals surface area contributed by atoms with Crippen molar-refractivity contribution in [3.8, 4) is 11.5 Å². The molecule has 6 heteroatoms. The van der Waals surface area contributed by atoms with Crippen molar-refractivity contribution in [2.45, 2.75) is 6.10 Å². The SMILES string of the molecule is COc1cc(OC)c(C(O)c2cccc(Cl)c2F)cc1Br. The highest BCUT2D eigenvalue weighted by Gasteiger charge is 2.22. The fourth-order valence-electron chi connectivity index (χ4n) is 2.00. The molecule has 0 aromatic heterocycles. The maximum absolute atomic E-state index is 14.1. The summed E-state index contributed by atoms with van der Waals surface area (Å²) in [4.78, 5) is 0. The summed E-state index contributed by atoms with van der Waals surface area (Å²) in [6.45, 7) is 0. The molecule has 0 radical (unpaired) electrons. The number of methoxy groups -OCH3 is 2. The third-order valence-corrected chi connectivity index (χ3v) is 3.99. The maximum atomic E-state index is 14.1. The molecule has 2 aromatic carbocycles. The lowest BCUT2D eigenvalue weighted by atomic mass is 10.00. The molecule has 1 atom stereocenters. The number of aliphatic hydroxyl groups excluding tert-OH is 1. The molecule has 0 aliphatic carbocycles. The molecule has 2 aromatic rings. The molecule has 0 aliphatic rings. The number of halogens is 3. The summed E-state index contributed by atoms with van der Waals surface area (Å²) in [6, 6.07) is 7.72. The lowest BCUT2D eigenvalue weighted by molar-refractivity contribution is 0.209. The van der Waals surface area contributed by atoms with E-state index in [0.29, 0.717) is 21.5 Å². The largest absolute Gasteiger partial charge is 0.496 e. The number of ether oxygens (including phenoxy) is 2. The van der Waals surface area contributed by atoms with E-state index in [2.05, 4.69) is 15.9 Å². The Labute approximate surface area is 135 Å². The number of hydrogen-bond donors (Lipinski definition) is 1. The van der Waals surface area contributed by atoms with Crippen LogP contribution in [0.3, 0.4) is 0 Å². The smallest absolute Gasteiger partial charge is 0.147 e. The zero-order chi connectivity index (χ0) is 15.6. The minimum atomic E-state index is -1.21. The third-order valence-electron chi connectivity index (χ3n) is 3.07. The molecule has 1 N–H and O–H groups in total. The molecule has 21 heavy (non-hydrogen) atoms. The monoisotopic (exact) mass is 374 g/mol. The van der Waals surface area contributed by atoms with Gasteiger partial charge in [-0.05, 0) is 28.1 Å². The van der Waals surface area contributed by atoms with E-state index in [0.717, 1.165) is 0 Å². The van der Waals surface area contributed by atoms with Gasteiger partial charge in [-0.25, -0.2) is 4.39 Å². The summed E-state index contributed by atoms with van der Waals surface area (Å²) < 4.78 is 25.1. The zero-order valence-electron chi connectivity index (χ0n) is 11.4. The van der Waals surface area contributed by atoms with Gasteiger partial charge in [0.1, 0.15) is 23.4 Å². The van der Waals surface area contributed by atoms with Gasteiger partial charge >= 0.3 is 0 Å². The molecule has 0 amide bonds. The Balaban J connectivity index is 2.55. The van der Waals surface area contributed by atoms with Crippen molar-refractivity contribution in [2.75, 3.05) is 14.2 Å². The van der Waals surface area contributed by atoms with Crippen molar-refractivity contribution in [3.05, 3.63) is 56.8 Å². The second kappa shape index (κ2) is 6.64. The van der Waals surface area contributed by atoms with E-state index in [4.69, 9.17) is 21.1 Å². The van der Waals surface area contributed by atoms with Crippen molar-refractivity contribution in [1.29, 1.82) is 0 Å². The van der Waals surface area contributed by atoms with Gasteiger partial charge in [0.15, 0.2) is 0 Å². The molecule has 0 saturated carbocycles. The second-order valence-electron chi connectivity index (χ2n) is 4.27. The van der Waals surface area contributed by atoms with Crippen LogP contribution in [-0.4, -0.2) is 19.3 Å². The summed E-state index contributed by atoms with van der Waals surface area (Å²) in [7, 11) is 2.99. The standard InChI is InChI=1S/C15H13BrClFO3/c1-20-12-7-13(21-2)10(16)6-9(12)15(19)8-4-3-5-11(17)14(8)18/h3-7,15,19H,1-2H3. The first-order valence-electron chi connectivity index (χ1n) is 6.03. The van der Waals surface area contributed by atoms with Crippen LogP contribution in [0.1, 0.15) is 17.2 Å². The number of hydrogen-bond acceptors (Lipinski definition) is 3. The molecule has 112 valence electrons. The van der Waals surface area contributed by atoms with Crippen LogP contribution in [0.15, 0.2) is 34.8 Å². The first kappa shape index (κ1) is 16.1. The maximum Gasteiger partial charge on any atom is 0.147 e. The Morgan fingerprint density at radius 1 is 1.14 bits per heavy atom. The molecule has 0 bridgehead atoms. The third kappa shape index (κ3) is 3.15. The molecule has 0 fully saturated rings. The minimum Gasteiger partial charge on any atom is -0.496 e. The van der Waals surface area contributed by atoms with Gasteiger partial charge in [-0.15, -0.1) is 0 Å². The number of aliphatic hydroxyl groups is 1. The van der Waals surface area contributed by atoms with Crippen LogP contribution < -0.4 is 9.47 Å². The van der Waals surface area contributed by atoms with Crippen molar-refractivity contribution in [1.82, 2.24) is 0 Å². The van der Waals surface area contributed by atoms with E-state index < -0.39 is 11.9 Å². The summed E-state index contributed by atoms with van der Waals surface area (Å²) in [5, 5.41) is 10.4. The van der Waals surface area contributed by atoms with E-state index in [1.54, 1.807) is 18.2 Å². The first-order valence-corrected chi connectivity index (χ1v) is 7.20. The van der Waals surface area contributed by atoms with E-state index in [-0.39, 0.29) is 10.6 Å². The van der Waals surface area contributed by atoms with Crippen LogP contribution in [-0.2, 0) is 0 Å². The zero-order valence-corrected chi connectivity index (χ0v) is 13.7. The molecule has 1 unspecified atom stereocenters. The highest BCUT2D eigenvalue weighted by molar-refractivity contribution is 9.10. The van der Waals surface area contributed by atoms with Gasteiger partial charge in [0.25, 0.3) is 0 Å². The van der Waals surface area contributed by atoms with E-state index >= 15 is 0 Å². The van der Waals surface area contributed by atoms with Gasteiger partial charge in [-0.3, -0.25) is 0 Å². The summed E-state index contributed by atoms with van der Waals surface area (Å²) in [6.07, 6.45) is -1.21. The Morgan fingerprint density at radius 2 is 1.81 bits per heavy atom. The molecule has 0 aliphatic heterocycles. The fourth-order valence-corrected chi connectivity index (χ4v) is 2.70. The molecular weight excluding hydrogens is 363 g/mol. The number of rotatable bonds is 4. The van der Waals surface area contributed by atoms with Gasteiger partial charge < -0.3 is 14.6 Å². The highest BCUT2D eigenvalue weighted by atomic mass is 79.9. The lowest BCUT2D eigenvalue weighted by Gasteiger charge is -2.18. The summed E-state index contributed by atoms with van der Waals surface area (Å²) >= 11 is 9.08. The van der Waals surface area contributed by atoms with Crippen molar-refractivity contribution < 1.29 is 19.0 Å². The number of benzene rings is 2. The second-order valence-corrected chi connectivity index (χ2v) is 5.54. The lowest BCUT2D eigenvalue weighted by Crippen LogP contribution is -2.05. The van der Waals surface area contributed by atoms with Crippen LogP contribution in [0.4, 0.5) is 4.39 Å². The van der Waals surface area contributed by atoms with Crippen molar-refractivity contribution in [2.24, 2.45) is 0 Å². The topological polar surface area (TPSA) is 38.7 Å². The molecule has 0 saturated heterocycles. The van der Waals surface area contributed by atoms with Crippen LogP contribution in [0.5, 0.6) is 11.5 Å². The van der Waals surface area contributed by atoms with Gasteiger partial charge in [0.05, 0.1) is 23.7 Å². The molecular formula is C15H13BrClFO3. The molecule has 0 heterocycles. The van der Waals surface area contributed by atoms with Gasteiger partial charge in [0.2, 0.25) is 0 Å². The first-order chi connectivity index (χ1) is 9.99. The molecule has 2 rings (SSSR count). The highest BCUT2D eigenvalue weighted by Crippen LogP contribution is 2.39. The van der Waals surface area contributed by atoms with Gasteiger partial charge in [0, 0.05) is 17.2 Å². The van der Waals surface area contributed by atoms with Crippen molar-refractivity contribution >= 4 is 27.5 Å². The fraction of sp³-hybridized carbons (Fsp3) is 0.200. The average molecular weight is 376 g/mol. The molecule has 3 nitrogen and oxygen atoms in total. The Hall–Kier alpha value is -1.30. The average Bonchev–Trinajstić information content (AvgIpc) is 2.49. The quantitative estimate of drug-likeness (QED) is 0.864. The van der Waals surface area contributed by atoms with E-state index in [9.17, 15) is 9.50 Å². The Morgan fingerprint density at radius 3 is 2.43 bits per heavy atom. The Kier molecular flexibility index (Phi) is 5.08.